The molecule has 3 N–H and O–H groups in total. The second kappa shape index (κ2) is 5.70. The molecule has 0 heterocycles. The number of hydrogen-bond acceptors (Lipinski definition) is 2. The van der Waals surface area contributed by atoms with Gasteiger partial charge < -0.3 is 0 Å². The Labute approximate surface area is 117 Å². The lowest BCUT2D eigenvalue weighted by Crippen LogP contribution is -2.29. The van der Waals surface area contributed by atoms with Crippen molar-refractivity contribution in [2.75, 3.05) is 0 Å². The van der Waals surface area contributed by atoms with Gasteiger partial charge in [0.25, 0.3) is 0 Å². The molecule has 19 heavy (non-hydrogen) atoms. The summed E-state index contributed by atoms with van der Waals surface area (Å²) in [4.78, 5) is 0. The van der Waals surface area contributed by atoms with E-state index in [0.717, 1.165) is 22.3 Å². The van der Waals surface area contributed by atoms with E-state index in [2.05, 4.69) is 11.5 Å². The zero-order valence-electron chi connectivity index (χ0n) is 10.9. The average molecular weight is 279 g/mol. The number of nitrogens with two attached hydrogens (primary N) is 1. The first-order valence-electron chi connectivity index (χ1n) is 6.01. The third kappa shape index (κ3) is 2.95. The van der Waals surface area contributed by atoms with Crippen molar-refractivity contribution in [3.8, 4) is 0 Å². The van der Waals surface area contributed by atoms with Crippen LogP contribution in [0, 0.1) is 19.7 Å². The maximum absolute atomic E-state index is 13.2. The van der Waals surface area contributed by atoms with Gasteiger partial charge in [0.05, 0.1) is 11.1 Å². The zero-order chi connectivity index (χ0) is 14.0. The number of rotatable bonds is 3. The van der Waals surface area contributed by atoms with Crippen LogP contribution in [0.5, 0.6) is 0 Å². The molecule has 0 aliphatic carbocycles. The van der Waals surface area contributed by atoms with Crippen molar-refractivity contribution < 1.29 is 4.39 Å². The van der Waals surface area contributed by atoms with E-state index in [1.54, 1.807) is 12.1 Å². The highest BCUT2D eigenvalue weighted by atomic mass is 35.5. The number of halogens is 2. The van der Waals surface area contributed by atoms with E-state index in [1.807, 2.05) is 26.0 Å². The van der Waals surface area contributed by atoms with Gasteiger partial charge in [-0.25, -0.2) is 9.82 Å². The molecule has 0 amide bonds. The second-order valence-electron chi connectivity index (χ2n) is 4.63. The van der Waals surface area contributed by atoms with E-state index in [4.69, 9.17) is 17.4 Å². The zero-order valence-corrected chi connectivity index (χ0v) is 11.6. The topological polar surface area (TPSA) is 38.0 Å². The van der Waals surface area contributed by atoms with Crippen LogP contribution in [-0.4, -0.2) is 0 Å². The maximum Gasteiger partial charge on any atom is 0.141 e. The molecule has 1 atom stereocenters. The molecule has 100 valence electrons. The van der Waals surface area contributed by atoms with E-state index in [-0.39, 0.29) is 11.1 Å². The fourth-order valence-electron chi connectivity index (χ4n) is 2.13. The summed E-state index contributed by atoms with van der Waals surface area (Å²) >= 11 is 5.83. The molecule has 0 fully saturated rings. The molecule has 1 unspecified atom stereocenters. The van der Waals surface area contributed by atoms with E-state index in [9.17, 15) is 4.39 Å². The highest BCUT2D eigenvalue weighted by Gasteiger charge is 2.16. The summed E-state index contributed by atoms with van der Waals surface area (Å²) in [7, 11) is 0. The van der Waals surface area contributed by atoms with Crippen LogP contribution in [-0.2, 0) is 0 Å². The van der Waals surface area contributed by atoms with Gasteiger partial charge in [-0.1, -0.05) is 41.4 Å². The van der Waals surface area contributed by atoms with Crippen molar-refractivity contribution in [1.82, 2.24) is 5.43 Å². The maximum atomic E-state index is 13.2. The summed E-state index contributed by atoms with van der Waals surface area (Å²) in [6.45, 7) is 4.04. The molecule has 0 aromatic heterocycles. The first-order valence-corrected chi connectivity index (χ1v) is 6.39. The number of hydrazine groups is 1. The first kappa shape index (κ1) is 14.0. The predicted molar refractivity (Wildman–Crippen MR) is 76.5 cm³/mol. The Bertz CT molecular complexity index is 599. The standard InChI is InChI=1S/C15H16ClFN2/c1-9-3-4-10(2)12(7-9)15(19-18)11-5-6-14(17)13(16)8-11/h3-8,15,19H,18H2,1-2H3. The van der Waals surface area contributed by atoms with Crippen LogP contribution in [0.25, 0.3) is 0 Å². The molecule has 0 saturated heterocycles. The van der Waals surface area contributed by atoms with E-state index in [1.165, 1.54) is 6.07 Å². The molecule has 2 aromatic carbocycles. The Kier molecular flexibility index (Phi) is 4.20. The van der Waals surface area contributed by atoms with Gasteiger partial charge in [-0.05, 0) is 42.7 Å². The van der Waals surface area contributed by atoms with Crippen LogP contribution in [0.3, 0.4) is 0 Å². The molecular weight excluding hydrogens is 263 g/mol. The molecule has 0 aliphatic heterocycles. The third-order valence-corrected chi connectivity index (χ3v) is 3.48. The molecule has 0 bridgehead atoms. The first-order chi connectivity index (χ1) is 9.02. The van der Waals surface area contributed by atoms with Gasteiger partial charge in [0.15, 0.2) is 0 Å². The fraction of sp³-hybridized carbons (Fsp3) is 0.200. The summed E-state index contributed by atoms with van der Waals surface area (Å²) in [6.07, 6.45) is 0. The average Bonchev–Trinajstić information content (AvgIpc) is 2.38. The highest BCUT2D eigenvalue weighted by molar-refractivity contribution is 6.30. The normalized spacial score (nSPS) is 12.5. The van der Waals surface area contributed by atoms with Crippen molar-refractivity contribution in [3.05, 3.63) is 69.5 Å². The molecule has 2 rings (SSSR count). The SMILES string of the molecule is Cc1ccc(C)c(C(NN)c2ccc(F)c(Cl)c2)c1. The minimum absolute atomic E-state index is 0.100. The van der Waals surface area contributed by atoms with Crippen molar-refractivity contribution in [1.29, 1.82) is 0 Å². The Morgan fingerprint density at radius 2 is 1.89 bits per heavy atom. The molecule has 2 aromatic rings. The summed E-state index contributed by atoms with van der Waals surface area (Å²) in [6, 6.07) is 10.6. The van der Waals surface area contributed by atoms with E-state index < -0.39 is 5.82 Å². The highest BCUT2D eigenvalue weighted by Crippen LogP contribution is 2.28. The van der Waals surface area contributed by atoms with Gasteiger partial charge in [0, 0.05) is 0 Å². The molecule has 2 nitrogen and oxygen atoms in total. The molecule has 0 spiro atoms. The third-order valence-electron chi connectivity index (χ3n) is 3.19. The summed E-state index contributed by atoms with van der Waals surface area (Å²) < 4.78 is 13.2. The molecule has 0 saturated carbocycles. The van der Waals surface area contributed by atoms with Crippen molar-refractivity contribution in [2.45, 2.75) is 19.9 Å². The predicted octanol–water partition coefficient (Wildman–Crippen LogP) is 3.65. The van der Waals surface area contributed by atoms with Crippen LogP contribution in [0.15, 0.2) is 36.4 Å². The summed E-state index contributed by atoms with van der Waals surface area (Å²) in [5.41, 5.74) is 6.93. The molecule has 0 aliphatic rings. The number of hydrogen-bond donors (Lipinski definition) is 2. The van der Waals surface area contributed by atoms with Gasteiger partial charge in [-0.3, -0.25) is 5.84 Å². The molecule has 0 radical (unpaired) electrons. The van der Waals surface area contributed by atoms with E-state index in [0.29, 0.717) is 0 Å². The Hall–Kier alpha value is -1.42. The largest absolute Gasteiger partial charge is 0.271 e. The van der Waals surface area contributed by atoms with Crippen LogP contribution in [0.4, 0.5) is 4.39 Å². The van der Waals surface area contributed by atoms with Crippen molar-refractivity contribution in [3.63, 3.8) is 0 Å². The van der Waals surface area contributed by atoms with Crippen LogP contribution in [0.1, 0.15) is 28.3 Å². The Balaban J connectivity index is 2.49. The molecule has 4 heteroatoms. The summed E-state index contributed by atoms with van der Waals surface area (Å²) in [5, 5.41) is 0.100. The minimum Gasteiger partial charge on any atom is -0.271 e. The van der Waals surface area contributed by atoms with Gasteiger partial charge in [0.2, 0.25) is 0 Å². The summed E-state index contributed by atoms with van der Waals surface area (Å²) in [5.74, 6) is 5.23. The van der Waals surface area contributed by atoms with E-state index >= 15 is 0 Å². The minimum atomic E-state index is -0.429. The van der Waals surface area contributed by atoms with Gasteiger partial charge in [-0.15, -0.1) is 0 Å². The van der Waals surface area contributed by atoms with Gasteiger partial charge >= 0.3 is 0 Å². The smallest absolute Gasteiger partial charge is 0.141 e. The van der Waals surface area contributed by atoms with Gasteiger partial charge in [0.1, 0.15) is 5.82 Å². The van der Waals surface area contributed by atoms with Crippen LogP contribution >= 0.6 is 11.6 Å². The van der Waals surface area contributed by atoms with Gasteiger partial charge in [-0.2, -0.15) is 0 Å². The number of aryl methyl sites for hydroxylation is 2. The van der Waals surface area contributed by atoms with Crippen LogP contribution < -0.4 is 11.3 Å². The number of benzene rings is 2. The van der Waals surface area contributed by atoms with Crippen LogP contribution in [0.2, 0.25) is 5.02 Å². The number of nitrogens with one attached hydrogen (secondary N) is 1. The molecular formula is C15H16ClFN2. The Morgan fingerprint density at radius 3 is 2.53 bits per heavy atom. The van der Waals surface area contributed by atoms with Crippen molar-refractivity contribution >= 4 is 11.6 Å². The lowest BCUT2D eigenvalue weighted by Gasteiger charge is -2.20. The van der Waals surface area contributed by atoms with Crippen molar-refractivity contribution in [2.24, 2.45) is 5.84 Å². The monoisotopic (exact) mass is 278 g/mol. The fourth-order valence-corrected chi connectivity index (χ4v) is 2.32. The lowest BCUT2D eigenvalue weighted by molar-refractivity contribution is 0.614. The quantitative estimate of drug-likeness (QED) is 0.664. The Morgan fingerprint density at radius 1 is 1.16 bits per heavy atom. The lowest BCUT2D eigenvalue weighted by atomic mass is 9.94. The second-order valence-corrected chi connectivity index (χ2v) is 5.04.